The Hall–Kier alpha value is -4.04. The molecule has 0 bridgehead atoms. The van der Waals surface area contributed by atoms with E-state index in [0.717, 1.165) is 32.7 Å². The molecular formula is C29H34Cl2N8O5. The molecule has 3 aromatic rings. The molecule has 5 rings (SSSR count). The second-order valence-corrected chi connectivity index (χ2v) is 11.1. The lowest BCUT2D eigenvalue weighted by molar-refractivity contribution is -0.113. The molecule has 1 aromatic carbocycles. The standard InChI is InChI=1S/C29H34Cl2N8O5/c1-37-7-9-38(10-8-37)6-5-33-27(40)16-11-18(34-14-16)13-19-21-25(31)35-29(32)36-26(21)39(28(19)41)15-17-12-20(30)23(43-3)24(44-4)22(17)42-2/h11-14,34H,5-10,15H2,1-4H3,(H,33,40)(H2,32,35,36). The number of methoxy groups -OCH3 is 3. The van der Waals surface area contributed by atoms with E-state index in [-0.39, 0.29) is 45.7 Å². The van der Waals surface area contributed by atoms with Crippen molar-refractivity contribution in [2.75, 3.05) is 78.3 Å². The van der Waals surface area contributed by atoms with E-state index >= 15 is 0 Å². The van der Waals surface area contributed by atoms with Crippen LogP contribution in [0.25, 0.3) is 11.6 Å². The van der Waals surface area contributed by atoms with E-state index in [4.69, 9.17) is 43.1 Å². The molecule has 0 unspecified atom stereocenters. The Balaban J connectivity index is 1.39. The van der Waals surface area contributed by atoms with Crippen LogP contribution < -0.4 is 30.2 Å². The summed E-state index contributed by atoms with van der Waals surface area (Å²) in [6, 6.07) is 3.29. The smallest absolute Gasteiger partial charge is 0.260 e. The third-order valence-corrected chi connectivity index (χ3v) is 8.16. The quantitative estimate of drug-likeness (QED) is 0.222. The number of aromatic amines is 1. The number of amides is 2. The van der Waals surface area contributed by atoms with Crippen molar-refractivity contribution in [1.82, 2.24) is 30.1 Å². The van der Waals surface area contributed by atoms with Gasteiger partial charge in [0, 0.05) is 56.7 Å². The van der Waals surface area contributed by atoms with E-state index in [2.05, 4.69) is 37.1 Å². The number of nitrogen functional groups attached to an aromatic ring is 1. The van der Waals surface area contributed by atoms with Crippen LogP contribution in [0.5, 0.6) is 17.2 Å². The summed E-state index contributed by atoms with van der Waals surface area (Å²) in [5.74, 6) is 0.404. The average molecular weight is 646 g/mol. The van der Waals surface area contributed by atoms with Crippen LogP contribution in [0.1, 0.15) is 27.2 Å². The van der Waals surface area contributed by atoms with Gasteiger partial charge in [0.1, 0.15) is 5.15 Å². The van der Waals surface area contributed by atoms with Gasteiger partial charge in [0.2, 0.25) is 11.7 Å². The number of fused-ring (bicyclic) bond motifs is 1. The number of aromatic nitrogens is 3. The Morgan fingerprint density at radius 1 is 1.07 bits per heavy atom. The SMILES string of the molecule is COc1c(Cl)cc(CN2C(=O)C(=Cc3cc(C(=O)NCCN4CCN(C)CC4)c[nH]3)c3c(Cl)nc(N)nc32)c(OC)c1OC. The lowest BCUT2D eigenvalue weighted by atomic mass is 10.1. The molecule has 0 radical (unpaired) electrons. The molecule has 44 heavy (non-hydrogen) atoms. The summed E-state index contributed by atoms with van der Waals surface area (Å²) in [4.78, 5) is 44.2. The van der Waals surface area contributed by atoms with Crippen LogP contribution in [0.4, 0.5) is 11.8 Å². The van der Waals surface area contributed by atoms with Crippen LogP contribution >= 0.6 is 23.2 Å². The molecule has 2 amide bonds. The first-order valence-electron chi connectivity index (χ1n) is 13.9. The van der Waals surface area contributed by atoms with E-state index in [1.54, 1.807) is 24.4 Å². The third-order valence-electron chi connectivity index (χ3n) is 7.60. The lowest BCUT2D eigenvalue weighted by Crippen LogP contribution is -2.46. The van der Waals surface area contributed by atoms with Gasteiger partial charge in [-0.25, -0.2) is 4.98 Å². The summed E-state index contributed by atoms with van der Waals surface area (Å²) >= 11 is 13.0. The minimum atomic E-state index is -0.414. The first-order valence-corrected chi connectivity index (χ1v) is 14.6. The number of anilines is 2. The van der Waals surface area contributed by atoms with Gasteiger partial charge in [-0.2, -0.15) is 4.98 Å². The van der Waals surface area contributed by atoms with E-state index in [0.29, 0.717) is 40.4 Å². The summed E-state index contributed by atoms with van der Waals surface area (Å²) in [6.07, 6.45) is 3.19. The molecule has 13 nitrogen and oxygen atoms in total. The van der Waals surface area contributed by atoms with Gasteiger partial charge in [-0.3, -0.25) is 19.4 Å². The monoisotopic (exact) mass is 644 g/mol. The Kier molecular flexibility index (Phi) is 9.49. The van der Waals surface area contributed by atoms with Gasteiger partial charge in [0.25, 0.3) is 11.8 Å². The van der Waals surface area contributed by atoms with E-state index in [1.807, 2.05) is 0 Å². The van der Waals surface area contributed by atoms with Gasteiger partial charge in [0.05, 0.1) is 49.6 Å². The zero-order chi connectivity index (χ0) is 31.5. The van der Waals surface area contributed by atoms with Crippen LogP contribution in [0.15, 0.2) is 18.3 Å². The van der Waals surface area contributed by atoms with E-state index < -0.39 is 5.91 Å². The van der Waals surface area contributed by atoms with Crippen molar-refractivity contribution in [3.8, 4) is 17.2 Å². The zero-order valence-electron chi connectivity index (χ0n) is 24.9. The number of nitrogens with two attached hydrogens (primary N) is 1. The second kappa shape index (κ2) is 13.3. The molecule has 2 aliphatic heterocycles. The minimum Gasteiger partial charge on any atom is -0.492 e. The summed E-state index contributed by atoms with van der Waals surface area (Å²) < 4.78 is 16.5. The molecule has 1 saturated heterocycles. The number of nitrogens with zero attached hydrogens (tertiary/aromatic N) is 5. The number of H-pyrrole nitrogens is 1. The number of ether oxygens (including phenoxy) is 3. The Labute approximate surface area is 264 Å². The molecule has 234 valence electrons. The highest BCUT2D eigenvalue weighted by Crippen LogP contribution is 2.47. The van der Waals surface area contributed by atoms with Gasteiger partial charge < -0.3 is 35.1 Å². The summed E-state index contributed by atoms with van der Waals surface area (Å²) in [7, 11) is 6.51. The van der Waals surface area contributed by atoms with Crippen LogP contribution in [0.3, 0.4) is 0 Å². The molecule has 4 N–H and O–H groups in total. The fraction of sp³-hybridized carbons (Fsp3) is 0.379. The number of carbonyl (C=O) groups excluding carboxylic acids is 2. The van der Waals surface area contributed by atoms with Gasteiger partial charge in [-0.1, -0.05) is 23.2 Å². The van der Waals surface area contributed by atoms with Crippen LogP contribution in [-0.2, 0) is 11.3 Å². The van der Waals surface area contributed by atoms with Gasteiger partial charge >= 0.3 is 0 Å². The molecular weight excluding hydrogens is 611 g/mol. The summed E-state index contributed by atoms with van der Waals surface area (Å²) in [6.45, 7) is 5.28. The number of hydrogen-bond donors (Lipinski definition) is 3. The number of piperazine rings is 1. The molecule has 2 aromatic heterocycles. The highest BCUT2D eigenvalue weighted by atomic mass is 35.5. The van der Waals surface area contributed by atoms with Crippen molar-refractivity contribution in [3.63, 3.8) is 0 Å². The van der Waals surface area contributed by atoms with Crippen molar-refractivity contribution in [3.05, 3.63) is 50.9 Å². The normalized spacial score (nSPS) is 16.4. The summed E-state index contributed by atoms with van der Waals surface area (Å²) in [5.41, 5.74) is 7.93. The van der Waals surface area contributed by atoms with E-state index in [9.17, 15) is 9.59 Å². The summed E-state index contributed by atoms with van der Waals surface area (Å²) in [5, 5.41) is 3.25. The topological polar surface area (TPSA) is 151 Å². The lowest BCUT2D eigenvalue weighted by Gasteiger charge is -2.32. The molecule has 0 saturated carbocycles. The highest BCUT2D eigenvalue weighted by molar-refractivity contribution is 6.41. The number of likely N-dealkylation sites (N-methyl/N-ethyl adjacent to an activating group) is 1. The van der Waals surface area contributed by atoms with Crippen LogP contribution in [0, 0.1) is 0 Å². The molecule has 4 heterocycles. The second-order valence-electron chi connectivity index (χ2n) is 10.4. The predicted molar refractivity (Wildman–Crippen MR) is 169 cm³/mol. The minimum absolute atomic E-state index is 0.00904. The maximum atomic E-state index is 13.9. The number of hydrogen-bond acceptors (Lipinski definition) is 10. The maximum absolute atomic E-state index is 13.9. The third kappa shape index (κ3) is 6.27. The zero-order valence-corrected chi connectivity index (χ0v) is 26.4. The van der Waals surface area contributed by atoms with Gasteiger partial charge in [-0.15, -0.1) is 0 Å². The number of rotatable bonds is 10. The first kappa shape index (κ1) is 31.4. The number of benzene rings is 1. The fourth-order valence-electron chi connectivity index (χ4n) is 5.31. The van der Waals surface area contributed by atoms with Crippen molar-refractivity contribution in [2.45, 2.75) is 6.54 Å². The van der Waals surface area contributed by atoms with Gasteiger partial charge in [0.15, 0.2) is 17.3 Å². The fourth-order valence-corrected chi connectivity index (χ4v) is 5.87. The predicted octanol–water partition coefficient (Wildman–Crippen LogP) is 2.78. The Morgan fingerprint density at radius 3 is 2.45 bits per heavy atom. The van der Waals surface area contributed by atoms with Crippen molar-refractivity contribution >= 4 is 58.4 Å². The molecule has 0 spiro atoms. The van der Waals surface area contributed by atoms with Crippen molar-refractivity contribution in [1.29, 1.82) is 0 Å². The van der Waals surface area contributed by atoms with Crippen LogP contribution in [-0.4, -0.2) is 104 Å². The first-order chi connectivity index (χ1) is 21.1. The number of carbonyl (C=O) groups is 2. The molecule has 1 fully saturated rings. The molecule has 0 atom stereocenters. The van der Waals surface area contributed by atoms with Crippen LogP contribution in [0.2, 0.25) is 10.2 Å². The van der Waals surface area contributed by atoms with Crippen molar-refractivity contribution in [2.24, 2.45) is 0 Å². The largest absolute Gasteiger partial charge is 0.492 e. The van der Waals surface area contributed by atoms with Gasteiger partial charge in [-0.05, 0) is 25.3 Å². The molecule has 15 heteroatoms. The van der Waals surface area contributed by atoms with Crippen molar-refractivity contribution < 1.29 is 23.8 Å². The maximum Gasteiger partial charge on any atom is 0.260 e. The average Bonchev–Trinajstić information content (AvgIpc) is 3.57. The molecule has 0 aliphatic carbocycles. The number of nitrogens with one attached hydrogen (secondary N) is 2. The Bertz CT molecular complexity index is 1600. The highest BCUT2D eigenvalue weighted by Gasteiger charge is 2.38. The van der Waals surface area contributed by atoms with E-state index in [1.165, 1.54) is 26.2 Å². The number of halogens is 2. The Morgan fingerprint density at radius 2 is 1.77 bits per heavy atom. The molecule has 2 aliphatic rings.